The Morgan fingerprint density at radius 3 is 2.39 bits per heavy atom. The van der Waals surface area contributed by atoms with Gasteiger partial charge in [-0.15, -0.1) is 0 Å². The van der Waals surface area contributed by atoms with Crippen LogP contribution in [-0.2, 0) is 24.3 Å². The highest BCUT2D eigenvalue weighted by atomic mass is 32.2. The quantitative estimate of drug-likeness (QED) is 0.270. The number of carboxylic acids is 1. The first-order valence-corrected chi connectivity index (χ1v) is 12.1. The molecule has 0 saturated carbocycles. The van der Waals surface area contributed by atoms with Crippen molar-refractivity contribution in [3.63, 3.8) is 0 Å². The van der Waals surface area contributed by atoms with Gasteiger partial charge in [0.05, 0.1) is 5.75 Å². The third-order valence-electron chi connectivity index (χ3n) is 4.41. The Balaban J connectivity index is 2.24. The van der Waals surface area contributed by atoms with Crippen molar-refractivity contribution in [2.75, 3.05) is 18.9 Å². The number of rotatable bonds is 17. The largest absolute Gasteiger partial charge is 0.490 e. The van der Waals surface area contributed by atoms with Crippen LogP contribution in [0, 0.1) is 5.82 Å². The Kier molecular flexibility index (Phi) is 12.8. The molecule has 1 unspecified atom stereocenters. The van der Waals surface area contributed by atoms with Crippen molar-refractivity contribution in [3.8, 4) is 5.75 Å². The SMILES string of the molecule is CC(=O)OC(CCCCS(=O)(=O)NCCCCCCC(=O)O)COc1ccc(F)cc1. The molecule has 1 rings (SSSR count). The molecule has 0 heterocycles. The molecule has 0 spiro atoms. The number of sulfonamides is 1. The van der Waals surface area contributed by atoms with Crippen LogP contribution in [0.4, 0.5) is 4.39 Å². The molecule has 0 aromatic heterocycles. The molecule has 1 atom stereocenters. The summed E-state index contributed by atoms with van der Waals surface area (Å²) in [5.41, 5.74) is 0. The Hall–Kier alpha value is -2.20. The van der Waals surface area contributed by atoms with E-state index in [2.05, 4.69) is 4.72 Å². The van der Waals surface area contributed by atoms with Gasteiger partial charge < -0.3 is 14.6 Å². The van der Waals surface area contributed by atoms with Gasteiger partial charge in [-0.05, 0) is 56.4 Å². The van der Waals surface area contributed by atoms with E-state index in [0.29, 0.717) is 44.4 Å². The van der Waals surface area contributed by atoms with Gasteiger partial charge in [0, 0.05) is 19.9 Å². The molecule has 8 nitrogen and oxygen atoms in total. The molecular weight excluding hydrogens is 429 g/mol. The molecule has 0 aliphatic heterocycles. The minimum absolute atomic E-state index is 0.0301. The van der Waals surface area contributed by atoms with Crippen molar-refractivity contribution in [2.24, 2.45) is 0 Å². The first-order valence-electron chi connectivity index (χ1n) is 10.4. The predicted octanol–water partition coefficient (Wildman–Crippen LogP) is 3.26. The number of aliphatic carboxylic acids is 1. The molecule has 0 radical (unpaired) electrons. The molecule has 0 aliphatic carbocycles. The van der Waals surface area contributed by atoms with Crippen LogP contribution in [0.5, 0.6) is 5.75 Å². The summed E-state index contributed by atoms with van der Waals surface area (Å²) in [7, 11) is -3.39. The number of halogens is 1. The third kappa shape index (κ3) is 14.4. The van der Waals surface area contributed by atoms with Crippen LogP contribution in [0.25, 0.3) is 0 Å². The van der Waals surface area contributed by atoms with Gasteiger partial charge in [-0.25, -0.2) is 17.5 Å². The van der Waals surface area contributed by atoms with E-state index < -0.39 is 28.1 Å². The molecule has 1 aromatic carbocycles. The number of carboxylic acid groups (broad SMARTS) is 1. The van der Waals surface area contributed by atoms with E-state index in [9.17, 15) is 22.4 Å². The topological polar surface area (TPSA) is 119 Å². The highest BCUT2D eigenvalue weighted by Gasteiger charge is 2.15. The number of nitrogens with one attached hydrogen (secondary N) is 1. The minimum Gasteiger partial charge on any atom is -0.490 e. The molecule has 0 saturated heterocycles. The van der Waals surface area contributed by atoms with Crippen LogP contribution < -0.4 is 9.46 Å². The normalized spacial score (nSPS) is 12.3. The molecule has 0 bridgehead atoms. The number of ether oxygens (including phenoxy) is 2. The van der Waals surface area contributed by atoms with Gasteiger partial charge in [0.2, 0.25) is 10.0 Å². The summed E-state index contributed by atoms with van der Waals surface area (Å²) < 4.78 is 50.3. The molecule has 2 N–H and O–H groups in total. The summed E-state index contributed by atoms with van der Waals surface area (Å²) in [6.07, 6.45) is 3.77. The van der Waals surface area contributed by atoms with E-state index in [0.717, 1.165) is 12.8 Å². The maximum Gasteiger partial charge on any atom is 0.303 e. The van der Waals surface area contributed by atoms with Crippen LogP contribution in [0.15, 0.2) is 24.3 Å². The van der Waals surface area contributed by atoms with Crippen LogP contribution in [-0.4, -0.2) is 50.5 Å². The lowest BCUT2D eigenvalue weighted by molar-refractivity contribution is -0.148. The number of hydrogen-bond donors (Lipinski definition) is 2. The van der Waals surface area contributed by atoms with E-state index in [1.54, 1.807) is 0 Å². The van der Waals surface area contributed by atoms with E-state index in [-0.39, 0.29) is 24.6 Å². The Morgan fingerprint density at radius 1 is 1.06 bits per heavy atom. The predicted molar refractivity (Wildman–Crippen MR) is 114 cm³/mol. The molecule has 0 amide bonds. The minimum atomic E-state index is -3.39. The number of esters is 1. The molecule has 10 heteroatoms. The van der Waals surface area contributed by atoms with E-state index in [1.165, 1.54) is 31.2 Å². The van der Waals surface area contributed by atoms with Crippen LogP contribution in [0.2, 0.25) is 0 Å². The lowest BCUT2D eigenvalue weighted by Crippen LogP contribution is -2.28. The summed E-state index contributed by atoms with van der Waals surface area (Å²) in [5.74, 6) is -1.23. The molecule has 0 fully saturated rings. The molecule has 0 aliphatic rings. The summed E-state index contributed by atoms with van der Waals surface area (Å²) in [4.78, 5) is 21.7. The van der Waals surface area contributed by atoms with Gasteiger partial charge >= 0.3 is 11.9 Å². The smallest absolute Gasteiger partial charge is 0.303 e. The summed E-state index contributed by atoms with van der Waals surface area (Å²) >= 11 is 0. The average molecular weight is 462 g/mol. The second kappa shape index (κ2) is 14.7. The van der Waals surface area contributed by atoms with Gasteiger partial charge in [-0.1, -0.05) is 12.8 Å². The first kappa shape index (κ1) is 26.8. The number of benzene rings is 1. The van der Waals surface area contributed by atoms with E-state index >= 15 is 0 Å². The number of carbonyl (C=O) groups is 2. The van der Waals surface area contributed by atoms with Crippen molar-refractivity contribution >= 4 is 22.0 Å². The second-order valence-electron chi connectivity index (χ2n) is 7.26. The van der Waals surface area contributed by atoms with Crippen molar-refractivity contribution in [3.05, 3.63) is 30.1 Å². The Bertz CT molecular complexity index is 768. The third-order valence-corrected chi connectivity index (χ3v) is 5.88. The zero-order valence-corrected chi connectivity index (χ0v) is 18.7. The molecule has 1 aromatic rings. The first-order chi connectivity index (χ1) is 14.7. The van der Waals surface area contributed by atoms with Gasteiger partial charge in [-0.3, -0.25) is 9.59 Å². The highest BCUT2D eigenvalue weighted by molar-refractivity contribution is 7.89. The fourth-order valence-corrected chi connectivity index (χ4v) is 4.03. The van der Waals surface area contributed by atoms with Crippen molar-refractivity contribution in [1.82, 2.24) is 4.72 Å². The maximum absolute atomic E-state index is 12.9. The highest BCUT2D eigenvalue weighted by Crippen LogP contribution is 2.14. The van der Waals surface area contributed by atoms with Gasteiger partial charge in [0.25, 0.3) is 0 Å². The van der Waals surface area contributed by atoms with E-state index in [4.69, 9.17) is 14.6 Å². The summed E-state index contributed by atoms with van der Waals surface area (Å²) in [5, 5.41) is 8.56. The van der Waals surface area contributed by atoms with Crippen LogP contribution >= 0.6 is 0 Å². The van der Waals surface area contributed by atoms with Crippen molar-refractivity contribution < 1.29 is 37.0 Å². The molecular formula is C21H32FNO7S. The fraction of sp³-hybridized carbons (Fsp3) is 0.619. The maximum atomic E-state index is 12.9. The van der Waals surface area contributed by atoms with Crippen molar-refractivity contribution in [1.29, 1.82) is 0 Å². The molecule has 176 valence electrons. The van der Waals surface area contributed by atoms with Crippen molar-refractivity contribution in [2.45, 2.75) is 64.4 Å². The number of hydrogen-bond acceptors (Lipinski definition) is 6. The van der Waals surface area contributed by atoms with E-state index in [1.807, 2.05) is 0 Å². The Labute approximate surface area is 183 Å². The number of carbonyl (C=O) groups excluding carboxylic acids is 1. The lowest BCUT2D eigenvalue weighted by atomic mass is 10.1. The molecule has 31 heavy (non-hydrogen) atoms. The monoisotopic (exact) mass is 461 g/mol. The van der Waals surface area contributed by atoms with Crippen LogP contribution in [0.1, 0.15) is 58.3 Å². The average Bonchev–Trinajstić information content (AvgIpc) is 2.69. The lowest BCUT2D eigenvalue weighted by Gasteiger charge is -2.18. The van der Waals surface area contributed by atoms with Crippen LogP contribution in [0.3, 0.4) is 0 Å². The zero-order valence-electron chi connectivity index (χ0n) is 17.8. The van der Waals surface area contributed by atoms with Gasteiger partial charge in [0.15, 0.2) is 0 Å². The summed E-state index contributed by atoms with van der Waals surface area (Å²) in [6.45, 7) is 1.72. The zero-order chi connectivity index (χ0) is 23.1. The second-order valence-corrected chi connectivity index (χ2v) is 9.19. The standard InChI is InChI=1S/C21H32FNO7S/c1-17(24)30-20(16-29-19-12-10-18(22)11-13-19)8-5-7-15-31(27,28)23-14-6-3-2-4-9-21(25)26/h10-13,20,23H,2-9,14-16H2,1H3,(H,25,26). The van der Waals surface area contributed by atoms with Gasteiger partial charge in [-0.2, -0.15) is 0 Å². The Morgan fingerprint density at radius 2 is 1.74 bits per heavy atom. The number of unbranched alkanes of at least 4 members (excludes halogenated alkanes) is 4. The van der Waals surface area contributed by atoms with Gasteiger partial charge in [0.1, 0.15) is 24.3 Å². The summed E-state index contributed by atoms with van der Waals surface area (Å²) in [6, 6.07) is 5.49. The fourth-order valence-electron chi connectivity index (χ4n) is 2.85.